The zero-order valence-corrected chi connectivity index (χ0v) is 11.8. The highest BCUT2D eigenvalue weighted by Crippen LogP contribution is 2.34. The van der Waals surface area contributed by atoms with Crippen molar-refractivity contribution in [3.8, 4) is 5.06 Å². The molecule has 0 aliphatic carbocycles. The van der Waals surface area contributed by atoms with Gasteiger partial charge in [-0.05, 0) is 22.0 Å². The number of nitrogens with one attached hydrogen (secondary N) is 1. The van der Waals surface area contributed by atoms with Gasteiger partial charge in [0.05, 0.1) is 11.6 Å². The highest BCUT2D eigenvalue weighted by atomic mass is 79.9. The minimum Gasteiger partial charge on any atom is -0.486 e. The van der Waals surface area contributed by atoms with Crippen molar-refractivity contribution in [3.63, 3.8) is 0 Å². The molecule has 0 aliphatic rings. The number of thiophene rings is 1. The van der Waals surface area contributed by atoms with Crippen molar-refractivity contribution in [1.82, 2.24) is 5.32 Å². The average Bonchev–Trinajstić information content (AvgIpc) is 2.45. The zero-order valence-electron chi connectivity index (χ0n) is 7.77. The fraction of sp³-hybridized carbons (Fsp3) is 0.333. The first-order valence-electron chi connectivity index (χ1n) is 3.99. The van der Waals surface area contributed by atoms with Crippen molar-refractivity contribution in [3.05, 3.63) is 26.5 Å². The Morgan fingerprint density at radius 3 is 2.93 bits per heavy atom. The molecule has 1 N–H and O–H groups in total. The number of hydrogen-bond donors (Lipinski definition) is 1. The summed E-state index contributed by atoms with van der Waals surface area (Å²) in [4.78, 5) is 1.24. The minimum absolute atomic E-state index is 0.776. The molecule has 0 aromatic carbocycles. The van der Waals surface area contributed by atoms with Crippen LogP contribution in [0.3, 0.4) is 0 Å². The van der Waals surface area contributed by atoms with Crippen LogP contribution in [0.2, 0.25) is 0 Å². The largest absolute Gasteiger partial charge is 0.486 e. The number of rotatable bonds is 5. The fourth-order valence-corrected chi connectivity index (χ4v) is 2.80. The van der Waals surface area contributed by atoms with E-state index in [9.17, 15) is 0 Å². The maximum atomic E-state index is 5.17. The van der Waals surface area contributed by atoms with Crippen molar-refractivity contribution >= 4 is 43.2 Å². The van der Waals surface area contributed by atoms with E-state index in [2.05, 4.69) is 49.8 Å². The van der Waals surface area contributed by atoms with Gasteiger partial charge in [-0.25, -0.2) is 0 Å². The van der Waals surface area contributed by atoms with Gasteiger partial charge in [-0.3, -0.25) is 0 Å². The van der Waals surface area contributed by atoms with Gasteiger partial charge in [-0.1, -0.05) is 22.5 Å². The minimum atomic E-state index is 0.776. The molecule has 0 aliphatic heterocycles. The second kappa shape index (κ2) is 5.90. The second-order valence-electron chi connectivity index (χ2n) is 2.67. The molecule has 0 saturated heterocycles. The van der Waals surface area contributed by atoms with E-state index in [0.717, 1.165) is 27.1 Å². The maximum absolute atomic E-state index is 5.17. The first kappa shape index (κ1) is 12.2. The van der Waals surface area contributed by atoms with E-state index in [1.807, 2.05) is 0 Å². The molecule has 5 heteroatoms. The molecule has 0 radical (unpaired) electrons. The van der Waals surface area contributed by atoms with Crippen LogP contribution in [0.4, 0.5) is 0 Å². The van der Waals surface area contributed by atoms with E-state index in [1.54, 1.807) is 18.4 Å². The predicted molar refractivity (Wildman–Crippen MR) is 68.3 cm³/mol. The van der Waals surface area contributed by atoms with Gasteiger partial charge in [0, 0.05) is 22.4 Å². The summed E-state index contributed by atoms with van der Waals surface area (Å²) in [6.45, 7) is 5.36. The van der Waals surface area contributed by atoms with Crippen LogP contribution in [-0.2, 0) is 6.54 Å². The lowest BCUT2D eigenvalue weighted by Gasteiger charge is -1.99. The smallest absolute Gasteiger partial charge is 0.188 e. The highest BCUT2D eigenvalue weighted by molar-refractivity contribution is 9.11. The van der Waals surface area contributed by atoms with Crippen LogP contribution in [0.15, 0.2) is 21.6 Å². The van der Waals surface area contributed by atoms with Crippen molar-refractivity contribution in [2.75, 3.05) is 13.7 Å². The first-order valence-corrected chi connectivity index (χ1v) is 6.40. The van der Waals surface area contributed by atoms with Gasteiger partial charge in [-0.15, -0.1) is 11.3 Å². The Morgan fingerprint density at radius 1 is 1.71 bits per heavy atom. The molecule has 14 heavy (non-hydrogen) atoms. The third kappa shape index (κ3) is 3.73. The van der Waals surface area contributed by atoms with Gasteiger partial charge >= 0.3 is 0 Å². The molecule has 0 amide bonds. The SMILES string of the molecule is C=C(Br)CNCc1cc(Br)c(OC)s1. The molecule has 1 aromatic heterocycles. The average molecular weight is 341 g/mol. The molecule has 0 unspecified atom stereocenters. The number of halogens is 2. The van der Waals surface area contributed by atoms with Crippen LogP contribution in [-0.4, -0.2) is 13.7 Å². The molecular weight excluding hydrogens is 330 g/mol. The molecule has 2 nitrogen and oxygen atoms in total. The Morgan fingerprint density at radius 2 is 2.43 bits per heavy atom. The van der Waals surface area contributed by atoms with Gasteiger partial charge in [0.2, 0.25) is 0 Å². The van der Waals surface area contributed by atoms with E-state index in [-0.39, 0.29) is 0 Å². The van der Waals surface area contributed by atoms with Crippen molar-refractivity contribution in [2.24, 2.45) is 0 Å². The zero-order chi connectivity index (χ0) is 10.6. The summed E-state index contributed by atoms with van der Waals surface area (Å²) in [6.07, 6.45) is 0. The lowest BCUT2D eigenvalue weighted by Crippen LogP contribution is -2.13. The van der Waals surface area contributed by atoms with E-state index in [0.29, 0.717) is 0 Å². The summed E-state index contributed by atoms with van der Waals surface area (Å²) in [5, 5.41) is 4.17. The molecule has 1 rings (SSSR count). The van der Waals surface area contributed by atoms with Crippen LogP contribution in [0, 0.1) is 0 Å². The van der Waals surface area contributed by atoms with Crippen LogP contribution in [0.25, 0.3) is 0 Å². The summed E-state index contributed by atoms with van der Waals surface area (Å²) in [6, 6.07) is 2.06. The van der Waals surface area contributed by atoms with E-state index >= 15 is 0 Å². The van der Waals surface area contributed by atoms with Gasteiger partial charge < -0.3 is 10.1 Å². The molecule has 0 atom stereocenters. The topological polar surface area (TPSA) is 21.3 Å². The molecular formula is C9H11Br2NOS. The number of hydrogen-bond acceptors (Lipinski definition) is 3. The molecule has 0 bridgehead atoms. The quantitative estimate of drug-likeness (QED) is 0.885. The molecule has 1 heterocycles. The lowest BCUT2D eigenvalue weighted by molar-refractivity contribution is 0.425. The summed E-state index contributed by atoms with van der Waals surface area (Å²) in [5.41, 5.74) is 0. The number of ether oxygens (including phenoxy) is 1. The summed E-state index contributed by atoms with van der Waals surface area (Å²) >= 11 is 8.36. The molecule has 78 valence electrons. The predicted octanol–water partition coefficient (Wildman–Crippen LogP) is 3.52. The van der Waals surface area contributed by atoms with Gasteiger partial charge in [0.15, 0.2) is 5.06 Å². The Bertz CT molecular complexity index is 325. The van der Waals surface area contributed by atoms with Gasteiger partial charge in [-0.2, -0.15) is 0 Å². The third-order valence-electron chi connectivity index (χ3n) is 1.51. The third-order valence-corrected chi connectivity index (χ3v) is 3.74. The van der Waals surface area contributed by atoms with Crippen LogP contribution >= 0.6 is 43.2 Å². The Labute approximate surface area is 105 Å². The highest BCUT2D eigenvalue weighted by Gasteiger charge is 2.05. The number of methoxy groups -OCH3 is 1. The fourth-order valence-electron chi connectivity index (χ4n) is 0.945. The standard InChI is InChI=1S/C9H11Br2NOS/c1-6(10)4-12-5-7-3-8(11)9(13-2)14-7/h3,12H,1,4-5H2,2H3. The van der Waals surface area contributed by atoms with Crippen molar-refractivity contribution in [2.45, 2.75) is 6.54 Å². The van der Waals surface area contributed by atoms with Crippen LogP contribution in [0.1, 0.15) is 4.88 Å². The molecule has 0 fully saturated rings. The molecule has 1 aromatic rings. The normalized spacial score (nSPS) is 10.2. The Hall–Kier alpha value is 0.160. The van der Waals surface area contributed by atoms with Crippen molar-refractivity contribution in [1.29, 1.82) is 0 Å². The Balaban J connectivity index is 2.47. The second-order valence-corrected chi connectivity index (χ2v) is 5.75. The van der Waals surface area contributed by atoms with E-state index in [4.69, 9.17) is 4.74 Å². The Kier molecular flexibility index (Phi) is 5.15. The van der Waals surface area contributed by atoms with Gasteiger partial charge in [0.1, 0.15) is 0 Å². The maximum Gasteiger partial charge on any atom is 0.188 e. The first-order chi connectivity index (χ1) is 6.63. The van der Waals surface area contributed by atoms with Crippen LogP contribution in [0.5, 0.6) is 5.06 Å². The van der Waals surface area contributed by atoms with E-state index < -0.39 is 0 Å². The van der Waals surface area contributed by atoms with Crippen molar-refractivity contribution < 1.29 is 4.74 Å². The summed E-state index contributed by atoms with van der Waals surface area (Å²) in [5.74, 6) is 0. The van der Waals surface area contributed by atoms with Gasteiger partial charge in [0.25, 0.3) is 0 Å². The monoisotopic (exact) mass is 339 g/mol. The lowest BCUT2D eigenvalue weighted by atomic mass is 10.4. The summed E-state index contributed by atoms with van der Waals surface area (Å²) in [7, 11) is 1.67. The molecule has 0 saturated carbocycles. The van der Waals surface area contributed by atoms with Crippen LogP contribution < -0.4 is 10.1 Å². The molecule has 0 spiro atoms. The van der Waals surface area contributed by atoms with E-state index in [1.165, 1.54) is 4.88 Å². The summed E-state index contributed by atoms with van der Waals surface area (Å²) < 4.78 is 7.14.